The molecule has 0 unspecified atom stereocenters. The first-order chi connectivity index (χ1) is 11.8. The summed E-state index contributed by atoms with van der Waals surface area (Å²) in [6.45, 7) is 1.17. The van der Waals surface area contributed by atoms with Gasteiger partial charge in [-0.3, -0.25) is 4.98 Å². The third-order valence-electron chi connectivity index (χ3n) is 3.62. The van der Waals surface area contributed by atoms with Crippen LogP contribution in [-0.4, -0.2) is 23.4 Å². The Kier molecular flexibility index (Phi) is 4.15. The standard InChI is InChI=1S/C16H11F4N3O2/c1-8-13(17)5-10(6-21-8)11-3-2-9(4-12(11)16(18,19)20)14-7-25-15(24)23-22-14/h2-6H,7H2,1H3,(H,23,24). The Bertz CT molecular complexity index is 878. The summed E-state index contributed by atoms with van der Waals surface area (Å²) in [4.78, 5) is 14.7. The van der Waals surface area contributed by atoms with Crippen molar-refractivity contribution in [2.45, 2.75) is 13.1 Å². The second kappa shape index (κ2) is 6.15. The minimum atomic E-state index is -4.67. The average Bonchev–Trinajstić information content (AvgIpc) is 2.57. The van der Waals surface area contributed by atoms with Gasteiger partial charge in [-0.25, -0.2) is 14.6 Å². The number of benzene rings is 1. The Balaban J connectivity index is 2.10. The fraction of sp³-hybridized carbons (Fsp3) is 0.188. The molecule has 0 saturated carbocycles. The summed E-state index contributed by atoms with van der Waals surface area (Å²) in [7, 11) is 0. The van der Waals surface area contributed by atoms with Crippen molar-refractivity contribution in [3.63, 3.8) is 0 Å². The van der Waals surface area contributed by atoms with Gasteiger partial charge < -0.3 is 4.74 Å². The van der Waals surface area contributed by atoms with Crippen LogP contribution in [-0.2, 0) is 10.9 Å². The van der Waals surface area contributed by atoms with Crippen LogP contribution >= 0.6 is 0 Å². The van der Waals surface area contributed by atoms with Crippen molar-refractivity contribution in [3.05, 3.63) is 53.1 Å². The molecule has 9 heteroatoms. The molecule has 1 aliphatic rings. The Morgan fingerprint density at radius 2 is 1.96 bits per heavy atom. The highest BCUT2D eigenvalue weighted by atomic mass is 19.4. The molecule has 0 spiro atoms. The van der Waals surface area contributed by atoms with Crippen LogP contribution in [0.3, 0.4) is 0 Å². The molecule has 3 rings (SSSR count). The fourth-order valence-corrected chi connectivity index (χ4v) is 2.32. The van der Waals surface area contributed by atoms with E-state index in [2.05, 4.69) is 10.1 Å². The van der Waals surface area contributed by atoms with Gasteiger partial charge in [-0.05, 0) is 24.6 Å². The number of carbonyl (C=O) groups excluding carboxylic acids is 1. The van der Waals surface area contributed by atoms with E-state index in [0.29, 0.717) is 0 Å². The van der Waals surface area contributed by atoms with Crippen LogP contribution in [0.25, 0.3) is 11.1 Å². The summed E-state index contributed by atoms with van der Waals surface area (Å²) >= 11 is 0. The number of hydrazone groups is 1. The second-order valence-electron chi connectivity index (χ2n) is 5.30. The highest BCUT2D eigenvalue weighted by Crippen LogP contribution is 2.38. The summed E-state index contributed by atoms with van der Waals surface area (Å²) in [6.07, 6.45) is -4.27. The Labute approximate surface area is 139 Å². The van der Waals surface area contributed by atoms with Crippen LogP contribution < -0.4 is 5.43 Å². The maximum absolute atomic E-state index is 13.7. The van der Waals surface area contributed by atoms with E-state index in [0.717, 1.165) is 12.1 Å². The third kappa shape index (κ3) is 3.44. The molecule has 1 aliphatic heterocycles. The lowest BCUT2D eigenvalue weighted by Crippen LogP contribution is -2.30. The van der Waals surface area contributed by atoms with Crippen molar-refractivity contribution in [2.24, 2.45) is 5.10 Å². The predicted molar refractivity (Wildman–Crippen MR) is 80.4 cm³/mol. The smallest absolute Gasteiger partial charge is 0.428 e. The zero-order valence-corrected chi connectivity index (χ0v) is 12.8. The second-order valence-corrected chi connectivity index (χ2v) is 5.30. The van der Waals surface area contributed by atoms with Gasteiger partial charge in [0, 0.05) is 17.3 Å². The number of carbonyl (C=O) groups is 1. The lowest BCUT2D eigenvalue weighted by Gasteiger charge is -2.17. The fourth-order valence-electron chi connectivity index (χ4n) is 2.32. The minimum absolute atomic E-state index is 0.0112. The molecule has 25 heavy (non-hydrogen) atoms. The lowest BCUT2D eigenvalue weighted by atomic mass is 9.96. The Morgan fingerprint density at radius 3 is 2.56 bits per heavy atom. The van der Waals surface area contributed by atoms with Crippen molar-refractivity contribution < 1.29 is 27.1 Å². The first-order valence-corrected chi connectivity index (χ1v) is 7.09. The van der Waals surface area contributed by atoms with Crippen molar-refractivity contribution in [3.8, 4) is 11.1 Å². The van der Waals surface area contributed by atoms with Gasteiger partial charge in [-0.15, -0.1) is 0 Å². The number of hydrogen-bond donors (Lipinski definition) is 1. The number of cyclic esters (lactones) is 1. The molecule has 130 valence electrons. The molecular weight excluding hydrogens is 342 g/mol. The maximum atomic E-state index is 13.7. The van der Waals surface area contributed by atoms with Crippen LogP contribution in [0.15, 0.2) is 35.6 Å². The van der Waals surface area contributed by atoms with E-state index >= 15 is 0 Å². The van der Waals surface area contributed by atoms with E-state index in [1.165, 1.54) is 25.3 Å². The van der Waals surface area contributed by atoms with E-state index in [1.807, 2.05) is 5.43 Å². The summed E-state index contributed by atoms with van der Waals surface area (Å²) in [5.41, 5.74) is 1.25. The van der Waals surface area contributed by atoms with Crippen LogP contribution in [0.1, 0.15) is 16.8 Å². The topological polar surface area (TPSA) is 63.6 Å². The van der Waals surface area contributed by atoms with Crippen LogP contribution in [0, 0.1) is 12.7 Å². The van der Waals surface area contributed by atoms with Gasteiger partial charge in [0.2, 0.25) is 0 Å². The van der Waals surface area contributed by atoms with Gasteiger partial charge in [-0.2, -0.15) is 18.3 Å². The first-order valence-electron chi connectivity index (χ1n) is 7.09. The highest BCUT2D eigenvalue weighted by Gasteiger charge is 2.34. The number of nitrogens with zero attached hydrogens (tertiary/aromatic N) is 2. The van der Waals surface area contributed by atoms with E-state index < -0.39 is 23.7 Å². The number of rotatable bonds is 2. The van der Waals surface area contributed by atoms with E-state index in [4.69, 9.17) is 4.74 Å². The lowest BCUT2D eigenvalue weighted by molar-refractivity contribution is -0.137. The number of amides is 1. The summed E-state index contributed by atoms with van der Waals surface area (Å²) in [6, 6.07) is 4.49. The quantitative estimate of drug-likeness (QED) is 0.838. The molecular formula is C16H11F4N3O2. The third-order valence-corrected chi connectivity index (χ3v) is 3.62. The molecule has 0 bridgehead atoms. The number of nitrogens with one attached hydrogen (secondary N) is 1. The molecule has 1 N–H and O–H groups in total. The molecule has 5 nitrogen and oxygen atoms in total. The largest absolute Gasteiger partial charge is 0.442 e. The molecule has 0 fully saturated rings. The van der Waals surface area contributed by atoms with Gasteiger partial charge in [0.1, 0.15) is 18.1 Å². The van der Waals surface area contributed by atoms with Gasteiger partial charge in [0.15, 0.2) is 0 Å². The zero-order valence-electron chi connectivity index (χ0n) is 12.8. The van der Waals surface area contributed by atoms with Crippen LogP contribution in [0.4, 0.5) is 22.4 Å². The number of ether oxygens (including phenoxy) is 1. The van der Waals surface area contributed by atoms with Crippen molar-refractivity contribution in [1.82, 2.24) is 10.4 Å². The molecule has 1 amide bonds. The van der Waals surface area contributed by atoms with E-state index in [1.54, 1.807) is 0 Å². The van der Waals surface area contributed by atoms with Crippen LogP contribution in [0.2, 0.25) is 0 Å². The van der Waals surface area contributed by atoms with Gasteiger partial charge >= 0.3 is 12.3 Å². The molecule has 0 atom stereocenters. The molecule has 0 saturated heterocycles. The molecule has 2 aromatic rings. The molecule has 1 aromatic heterocycles. The van der Waals surface area contributed by atoms with E-state index in [-0.39, 0.29) is 34.7 Å². The maximum Gasteiger partial charge on any atom is 0.428 e. The van der Waals surface area contributed by atoms with Crippen molar-refractivity contribution in [1.29, 1.82) is 0 Å². The number of alkyl halides is 3. The van der Waals surface area contributed by atoms with Crippen LogP contribution in [0.5, 0.6) is 0 Å². The van der Waals surface area contributed by atoms with Crippen molar-refractivity contribution >= 4 is 11.8 Å². The predicted octanol–water partition coefficient (Wildman–Crippen LogP) is 3.66. The SMILES string of the molecule is Cc1ncc(-c2ccc(C3=NNC(=O)OC3)cc2C(F)(F)F)cc1F. The average molecular weight is 353 g/mol. The Morgan fingerprint density at radius 1 is 1.20 bits per heavy atom. The minimum Gasteiger partial charge on any atom is -0.442 e. The molecule has 0 radical (unpaired) electrons. The number of pyridine rings is 1. The molecule has 2 heterocycles. The number of aryl methyl sites for hydroxylation is 1. The monoisotopic (exact) mass is 353 g/mol. The van der Waals surface area contributed by atoms with Gasteiger partial charge in [-0.1, -0.05) is 12.1 Å². The summed E-state index contributed by atoms with van der Waals surface area (Å²) in [5, 5.41) is 3.68. The molecule has 1 aromatic carbocycles. The first kappa shape index (κ1) is 16.9. The number of aromatic nitrogens is 1. The summed E-state index contributed by atoms with van der Waals surface area (Å²) in [5.74, 6) is -0.692. The summed E-state index contributed by atoms with van der Waals surface area (Å²) < 4.78 is 58.8. The van der Waals surface area contributed by atoms with Gasteiger partial charge in [0.25, 0.3) is 0 Å². The van der Waals surface area contributed by atoms with E-state index in [9.17, 15) is 22.4 Å². The van der Waals surface area contributed by atoms with Gasteiger partial charge in [0.05, 0.1) is 11.3 Å². The molecule has 0 aliphatic carbocycles. The Hall–Kier alpha value is -2.97. The van der Waals surface area contributed by atoms with Crippen molar-refractivity contribution in [2.75, 3.05) is 6.61 Å². The highest BCUT2D eigenvalue weighted by molar-refractivity contribution is 6.04. The number of hydrogen-bond acceptors (Lipinski definition) is 4. The number of halogens is 4. The normalized spacial score (nSPS) is 14.6. The zero-order chi connectivity index (χ0) is 18.2.